The van der Waals surface area contributed by atoms with Gasteiger partial charge in [-0.15, -0.1) is 0 Å². The molecular formula is C27H30N2O5. The lowest BCUT2D eigenvalue weighted by Gasteiger charge is -2.37. The molecule has 7 heteroatoms. The molecular weight excluding hydrogens is 432 g/mol. The summed E-state index contributed by atoms with van der Waals surface area (Å²) in [5.74, 6) is 3.69. The lowest BCUT2D eigenvalue weighted by Crippen LogP contribution is -2.49. The number of amides is 1. The molecule has 178 valence electrons. The van der Waals surface area contributed by atoms with Crippen molar-refractivity contribution in [1.29, 1.82) is 0 Å². The van der Waals surface area contributed by atoms with Crippen LogP contribution in [-0.4, -0.2) is 41.7 Å². The summed E-state index contributed by atoms with van der Waals surface area (Å²) in [6.45, 7) is 3.23. The third kappa shape index (κ3) is 4.75. The van der Waals surface area contributed by atoms with E-state index in [-0.39, 0.29) is 6.61 Å². The van der Waals surface area contributed by atoms with Crippen LogP contribution in [0.1, 0.15) is 30.5 Å². The van der Waals surface area contributed by atoms with E-state index >= 15 is 0 Å². The van der Waals surface area contributed by atoms with Crippen molar-refractivity contribution in [2.24, 2.45) is 5.84 Å². The molecule has 3 aromatic carbocycles. The molecule has 1 amide bonds. The van der Waals surface area contributed by atoms with Gasteiger partial charge in [0.15, 0.2) is 11.9 Å². The van der Waals surface area contributed by atoms with E-state index in [1.54, 1.807) is 13.8 Å². The monoisotopic (exact) mass is 462 g/mol. The zero-order chi connectivity index (χ0) is 24.2. The number of rotatable bonds is 8. The minimum atomic E-state index is -1.17. The Bertz CT molecular complexity index is 979. The Morgan fingerprint density at radius 2 is 1.38 bits per heavy atom. The molecule has 1 aliphatic heterocycles. The number of carbonyl (C=O) groups excluding carboxylic acids is 1. The molecule has 0 unspecified atom stereocenters. The number of benzene rings is 3. The Morgan fingerprint density at radius 3 is 1.79 bits per heavy atom. The van der Waals surface area contributed by atoms with Gasteiger partial charge in [-0.05, 0) is 30.5 Å². The molecule has 1 aliphatic rings. The highest BCUT2D eigenvalue weighted by atomic mass is 16.8. The predicted molar refractivity (Wildman–Crippen MR) is 127 cm³/mol. The van der Waals surface area contributed by atoms with E-state index < -0.39 is 35.6 Å². The molecule has 3 aromatic rings. The van der Waals surface area contributed by atoms with Crippen LogP contribution < -0.4 is 11.3 Å². The summed E-state index contributed by atoms with van der Waals surface area (Å²) in [4.78, 5) is 12.3. The van der Waals surface area contributed by atoms with Crippen molar-refractivity contribution in [3.05, 3.63) is 108 Å². The van der Waals surface area contributed by atoms with Crippen molar-refractivity contribution >= 4 is 5.91 Å². The van der Waals surface area contributed by atoms with Gasteiger partial charge in [0.05, 0.1) is 6.61 Å². The molecule has 3 atom stereocenters. The number of aliphatic hydroxyl groups is 1. The van der Waals surface area contributed by atoms with Gasteiger partial charge < -0.3 is 19.3 Å². The summed E-state index contributed by atoms with van der Waals surface area (Å²) < 4.78 is 18.2. The fourth-order valence-corrected chi connectivity index (χ4v) is 4.43. The van der Waals surface area contributed by atoms with Gasteiger partial charge in [-0.25, -0.2) is 5.84 Å². The number of ether oxygens (including phenoxy) is 3. The number of carbonyl (C=O) groups is 1. The van der Waals surface area contributed by atoms with Gasteiger partial charge in [-0.1, -0.05) is 91.0 Å². The standard InChI is InChI=1S/C27H30N2O5/c1-26(2)33-23(24(34-26)25(31)29-28)22(30)18-32-27(19-12-6-3-7-13-19,20-14-8-4-9-15-20)21-16-10-5-11-17-21/h3-17,22-24,30H,18,28H2,1-2H3,(H,29,31)/t22-,23-,24-/m1/s1. The van der Waals surface area contributed by atoms with E-state index in [2.05, 4.69) is 5.43 Å². The van der Waals surface area contributed by atoms with Crippen LogP contribution in [-0.2, 0) is 24.6 Å². The minimum Gasteiger partial charge on any atom is -0.388 e. The van der Waals surface area contributed by atoms with E-state index in [1.807, 2.05) is 91.0 Å². The van der Waals surface area contributed by atoms with Crippen molar-refractivity contribution in [3.8, 4) is 0 Å². The maximum atomic E-state index is 12.3. The van der Waals surface area contributed by atoms with E-state index in [1.165, 1.54) is 0 Å². The van der Waals surface area contributed by atoms with Crippen LogP contribution >= 0.6 is 0 Å². The van der Waals surface area contributed by atoms with Gasteiger partial charge in [-0.2, -0.15) is 0 Å². The third-order valence-electron chi connectivity index (χ3n) is 5.92. The Hall–Kier alpha value is -3.07. The number of aliphatic hydroxyl groups excluding tert-OH is 1. The molecule has 0 radical (unpaired) electrons. The molecule has 4 N–H and O–H groups in total. The van der Waals surface area contributed by atoms with Gasteiger partial charge >= 0.3 is 0 Å². The molecule has 0 bridgehead atoms. The lowest BCUT2D eigenvalue weighted by molar-refractivity contribution is -0.164. The van der Waals surface area contributed by atoms with Gasteiger partial charge in [0.1, 0.15) is 17.8 Å². The van der Waals surface area contributed by atoms with Crippen LogP contribution in [0.3, 0.4) is 0 Å². The second kappa shape index (κ2) is 10.0. The maximum Gasteiger partial charge on any atom is 0.265 e. The first-order chi connectivity index (χ1) is 16.4. The van der Waals surface area contributed by atoms with Crippen LogP contribution in [0.15, 0.2) is 91.0 Å². The van der Waals surface area contributed by atoms with Crippen molar-refractivity contribution < 1.29 is 24.1 Å². The van der Waals surface area contributed by atoms with Crippen LogP contribution in [0.4, 0.5) is 0 Å². The highest BCUT2D eigenvalue weighted by Crippen LogP contribution is 2.41. The van der Waals surface area contributed by atoms with Crippen LogP contribution in [0, 0.1) is 0 Å². The Balaban J connectivity index is 1.73. The summed E-state index contributed by atoms with van der Waals surface area (Å²) in [6, 6.07) is 29.5. The minimum absolute atomic E-state index is 0.128. The molecule has 7 nitrogen and oxygen atoms in total. The molecule has 34 heavy (non-hydrogen) atoms. The molecule has 4 rings (SSSR count). The number of hydrogen-bond acceptors (Lipinski definition) is 6. The smallest absolute Gasteiger partial charge is 0.265 e. The first-order valence-electron chi connectivity index (χ1n) is 11.2. The fraction of sp³-hybridized carbons (Fsp3) is 0.296. The second-order valence-corrected chi connectivity index (χ2v) is 8.69. The summed E-state index contributed by atoms with van der Waals surface area (Å²) in [7, 11) is 0. The summed E-state index contributed by atoms with van der Waals surface area (Å²) >= 11 is 0. The summed E-state index contributed by atoms with van der Waals surface area (Å²) in [5.41, 5.74) is 3.78. The quantitative estimate of drug-likeness (QED) is 0.206. The first kappa shape index (κ1) is 24.1. The molecule has 0 saturated carbocycles. The molecule has 1 saturated heterocycles. The molecule has 1 heterocycles. The van der Waals surface area contributed by atoms with E-state index in [0.29, 0.717) is 0 Å². The average molecular weight is 463 g/mol. The lowest BCUT2D eigenvalue weighted by atomic mass is 9.80. The van der Waals surface area contributed by atoms with Crippen molar-refractivity contribution in [2.75, 3.05) is 6.61 Å². The van der Waals surface area contributed by atoms with Crippen LogP contribution in [0.5, 0.6) is 0 Å². The number of nitrogens with one attached hydrogen (secondary N) is 1. The molecule has 0 spiro atoms. The first-order valence-corrected chi connectivity index (χ1v) is 11.2. The summed E-state index contributed by atoms with van der Waals surface area (Å²) in [6.07, 6.45) is -3.20. The van der Waals surface area contributed by atoms with Crippen LogP contribution in [0.2, 0.25) is 0 Å². The largest absolute Gasteiger partial charge is 0.388 e. The molecule has 1 fully saturated rings. The zero-order valence-corrected chi connectivity index (χ0v) is 19.3. The summed E-state index contributed by atoms with van der Waals surface area (Å²) in [5, 5.41) is 11.1. The fourth-order valence-electron chi connectivity index (χ4n) is 4.43. The topological polar surface area (TPSA) is 103 Å². The average Bonchev–Trinajstić information content (AvgIpc) is 3.21. The van der Waals surface area contributed by atoms with Crippen LogP contribution in [0.25, 0.3) is 0 Å². The van der Waals surface area contributed by atoms with E-state index in [9.17, 15) is 9.90 Å². The van der Waals surface area contributed by atoms with Gasteiger partial charge in [-0.3, -0.25) is 10.2 Å². The van der Waals surface area contributed by atoms with E-state index in [0.717, 1.165) is 16.7 Å². The zero-order valence-electron chi connectivity index (χ0n) is 19.3. The number of hydrazine groups is 1. The van der Waals surface area contributed by atoms with Crippen molar-refractivity contribution in [3.63, 3.8) is 0 Å². The van der Waals surface area contributed by atoms with E-state index in [4.69, 9.17) is 20.1 Å². The number of hydrogen-bond donors (Lipinski definition) is 3. The molecule has 0 aromatic heterocycles. The Morgan fingerprint density at radius 1 is 0.941 bits per heavy atom. The van der Waals surface area contributed by atoms with Crippen molar-refractivity contribution in [2.45, 2.75) is 43.5 Å². The number of nitrogens with two attached hydrogens (primary N) is 1. The SMILES string of the molecule is CC1(C)O[C@H]([C@H](O)COC(c2ccccc2)(c2ccccc2)c2ccccc2)[C@H](C(=O)NN)O1. The normalized spacial score (nSPS) is 20.6. The van der Waals surface area contributed by atoms with Gasteiger partial charge in [0.25, 0.3) is 5.91 Å². The Kier molecular flexibility index (Phi) is 7.11. The van der Waals surface area contributed by atoms with Gasteiger partial charge in [0.2, 0.25) is 0 Å². The maximum absolute atomic E-state index is 12.3. The van der Waals surface area contributed by atoms with Gasteiger partial charge in [0, 0.05) is 0 Å². The van der Waals surface area contributed by atoms with Crippen molar-refractivity contribution in [1.82, 2.24) is 5.43 Å². The predicted octanol–water partition coefficient (Wildman–Crippen LogP) is 2.87. The second-order valence-electron chi connectivity index (χ2n) is 8.69. The highest BCUT2D eigenvalue weighted by molar-refractivity contribution is 5.81. The Labute approximate surface area is 199 Å². The third-order valence-corrected chi connectivity index (χ3v) is 5.92. The highest BCUT2D eigenvalue weighted by Gasteiger charge is 2.49. The molecule has 0 aliphatic carbocycles.